The number of imide groups is 1. The Bertz CT molecular complexity index is 899. The van der Waals surface area contributed by atoms with Crippen molar-refractivity contribution >= 4 is 29.3 Å². The maximum atomic E-state index is 12.5. The van der Waals surface area contributed by atoms with Crippen molar-refractivity contribution in [3.63, 3.8) is 0 Å². The summed E-state index contributed by atoms with van der Waals surface area (Å²) in [6.07, 6.45) is 0.341. The van der Waals surface area contributed by atoms with Gasteiger partial charge in [-0.05, 0) is 43.2 Å². The normalized spacial score (nSPS) is 14.9. The largest absolute Gasteiger partial charge is 0.451 e. The second-order valence-corrected chi connectivity index (χ2v) is 6.63. The highest BCUT2D eigenvalue weighted by molar-refractivity contribution is 6.19. The monoisotopic (exact) mass is 379 g/mol. The molecule has 1 atom stereocenters. The Labute approximate surface area is 163 Å². The standard InChI is InChI=1S/C22H21NO5/c1-3-15-4-6-16(7-5-15)21(26)14(2)28-22(27)17-8-10-18(11-9-17)23-19(24)12-13-20(23)25/h4-11,14H,3,12-13H2,1-2H3/t14-/m1/s1. The molecule has 1 aliphatic heterocycles. The highest BCUT2D eigenvalue weighted by Gasteiger charge is 2.30. The summed E-state index contributed by atoms with van der Waals surface area (Å²) < 4.78 is 5.28. The van der Waals surface area contributed by atoms with Crippen LogP contribution in [0.4, 0.5) is 5.69 Å². The van der Waals surface area contributed by atoms with E-state index in [1.807, 2.05) is 19.1 Å². The van der Waals surface area contributed by atoms with Gasteiger partial charge in [-0.15, -0.1) is 0 Å². The second kappa shape index (κ2) is 8.17. The molecule has 0 saturated carbocycles. The number of aryl methyl sites for hydroxylation is 1. The molecule has 1 fully saturated rings. The lowest BCUT2D eigenvalue weighted by Crippen LogP contribution is -2.28. The summed E-state index contributed by atoms with van der Waals surface area (Å²) in [7, 11) is 0. The molecular weight excluding hydrogens is 358 g/mol. The predicted octanol–water partition coefficient (Wildman–Crippen LogP) is 3.33. The topological polar surface area (TPSA) is 80.8 Å². The van der Waals surface area contributed by atoms with E-state index in [0.717, 1.165) is 16.9 Å². The fourth-order valence-corrected chi connectivity index (χ4v) is 3.03. The number of carbonyl (C=O) groups is 4. The van der Waals surface area contributed by atoms with Gasteiger partial charge in [0.2, 0.25) is 17.6 Å². The number of rotatable bonds is 6. The maximum absolute atomic E-state index is 12.5. The van der Waals surface area contributed by atoms with E-state index in [1.165, 1.54) is 31.2 Å². The molecule has 144 valence electrons. The van der Waals surface area contributed by atoms with Crippen LogP contribution in [0.3, 0.4) is 0 Å². The van der Waals surface area contributed by atoms with Crippen LogP contribution in [-0.4, -0.2) is 29.7 Å². The number of ketones is 1. The van der Waals surface area contributed by atoms with Gasteiger partial charge in [0.05, 0.1) is 11.3 Å². The molecule has 0 spiro atoms. The van der Waals surface area contributed by atoms with E-state index in [0.29, 0.717) is 11.3 Å². The third-order valence-corrected chi connectivity index (χ3v) is 4.71. The van der Waals surface area contributed by atoms with E-state index >= 15 is 0 Å². The van der Waals surface area contributed by atoms with Crippen molar-refractivity contribution < 1.29 is 23.9 Å². The van der Waals surface area contributed by atoms with E-state index in [9.17, 15) is 19.2 Å². The van der Waals surface area contributed by atoms with Crippen molar-refractivity contribution in [3.05, 3.63) is 65.2 Å². The molecule has 0 aromatic heterocycles. The van der Waals surface area contributed by atoms with Crippen LogP contribution in [-0.2, 0) is 20.7 Å². The first kappa shape index (κ1) is 19.5. The van der Waals surface area contributed by atoms with E-state index in [4.69, 9.17) is 4.74 Å². The first-order valence-corrected chi connectivity index (χ1v) is 9.20. The fraction of sp³-hybridized carbons (Fsp3) is 0.273. The number of carbonyl (C=O) groups excluding carboxylic acids is 4. The summed E-state index contributed by atoms with van der Waals surface area (Å²) in [5, 5.41) is 0. The van der Waals surface area contributed by atoms with E-state index in [1.54, 1.807) is 12.1 Å². The molecule has 28 heavy (non-hydrogen) atoms. The Morgan fingerprint density at radius 2 is 1.46 bits per heavy atom. The fourth-order valence-electron chi connectivity index (χ4n) is 3.03. The minimum absolute atomic E-state index is 0.196. The molecule has 6 nitrogen and oxygen atoms in total. The number of Topliss-reactive ketones (excluding diaryl/α,β-unsaturated/α-hetero) is 1. The second-order valence-electron chi connectivity index (χ2n) is 6.63. The number of amides is 2. The Morgan fingerprint density at radius 3 is 2.00 bits per heavy atom. The zero-order valence-corrected chi connectivity index (χ0v) is 15.8. The summed E-state index contributed by atoms with van der Waals surface area (Å²) in [5.41, 5.74) is 2.27. The molecule has 6 heteroatoms. The number of benzene rings is 2. The van der Waals surface area contributed by atoms with E-state index < -0.39 is 12.1 Å². The minimum atomic E-state index is -0.929. The van der Waals surface area contributed by atoms with Crippen LogP contribution in [0.15, 0.2) is 48.5 Å². The Morgan fingerprint density at radius 1 is 0.929 bits per heavy atom. The third-order valence-electron chi connectivity index (χ3n) is 4.71. The van der Waals surface area contributed by atoms with Crippen molar-refractivity contribution in [2.45, 2.75) is 39.2 Å². The third kappa shape index (κ3) is 4.01. The van der Waals surface area contributed by atoms with Crippen LogP contribution < -0.4 is 4.90 Å². The first-order valence-electron chi connectivity index (χ1n) is 9.20. The van der Waals surface area contributed by atoms with Crippen molar-refractivity contribution in [3.8, 4) is 0 Å². The number of nitrogens with zero attached hydrogens (tertiary/aromatic N) is 1. The molecule has 2 aromatic rings. The average Bonchev–Trinajstić information content (AvgIpc) is 3.05. The van der Waals surface area contributed by atoms with Gasteiger partial charge >= 0.3 is 5.97 Å². The van der Waals surface area contributed by atoms with Gasteiger partial charge in [0.25, 0.3) is 0 Å². The van der Waals surface area contributed by atoms with Crippen LogP contribution in [0.25, 0.3) is 0 Å². The van der Waals surface area contributed by atoms with Gasteiger partial charge in [-0.25, -0.2) is 4.79 Å². The molecule has 2 aromatic carbocycles. The van der Waals surface area contributed by atoms with Gasteiger partial charge in [-0.1, -0.05) is 31.2 Å². The van der Waals surface area contributed by atoms with Crippen LogP contribution in [0, 0.1) is 0 Å². The lowest BCUT2D eigenvalue weighted by molar-refractivity contribution is -0.121. The number of esters is 1. The molecule has 2 amide bonds. The van der Waals surface area contributed by atoms with Gasteiger partial charge in [0, 0.05) is 18.4 Å². The molecule has 1 saturated heterocycles. The zero-order valence-electron chi connectivity index (χ0n) is 15.8. The molecule has 0 radical (unpaired) electrons. The minimum Gasteiger partial charge on any atom is -0.451 e. The molecule has 0 N–H and O–H groups in total. The summed E-state index contributed by atoms with van der Waals surface area (Å²) in [5.74, 6) is -1.43. The Hall–Kier alpha value is -3.28. The maximum Gasteiger partial charge on any atom is 0.338 e. The van der Waals surface area contributed by atoms with Crippen molar-refractivity contribution in [1.82, 2.24) is 0 Å². The van der Waals surface area contributed by atoms with Crippen LogP contribution in [0.5, 0.6) is 0 Å². The molecule has 0 unspecified atom stereocenters. The van der Waals surface area contributed by atoms with Gasteiger partial charge in [0.15, 0.2) is 6.10 Å². The smallest absolute Gasteiger partial charge is 0.338 e. The van der Waals surface area contributed by atoms with E-state index in [2.05, 4.69) is 0 Å². The highest BCUT2D eigenvalue weighted by atomic mass is 16.5. The van der Waals surface area contributed by atoms with Gasteiger partial charge in [0.1, 0.15) is 0 Å². The molecule has 0 aliphatic carbocycles. The SMILES string of the molecule is CCc1ccc(C(=O)[C@@H](C)OC(=O)c2ccc(N3C(=O)CCC3=O)cc2)cc1. The zero-order chi connectivity index (χ0) is 20.3. The summed E-state index contributed by atoms with van der Waals surface area (Å²) in [4.78, 5) is 49.4. The van der Waals surface area contributed by atoms with Crippen LogP contribution >= 0.6 is 0 Å². The van der Waals surface area contributed by atoms with Gasteiger partial charge in [-0.3, -0.25) is 19.3 Å². The van der Waals surface area contributed by atoms with Crippen LogP contribution in [0.2, 0.25) is 0 Å². The Balaban J connectivity index is 1.65. The quantitative estimate of drug-likeness (QED) is 0.437. The number of ether oxygens (including phenoxy) is 1. The summed E-state index contributed by atoms with van der Waals surface area (Å²) in [6.45, 7) is 3.56. The van der Waals surface area contributed by atoms with Gasteiger partial charge in [-0.2, -0.15) is 0 Å². The van der Waals surface area contributed by atoms with Crippen LogP contribution in [0.1, 0.15) is 53.0 Å². The lowest BCUT2D eigenvalue weighted by Gasteiger charge is -2.15. The molecular formula is C22H21NO5. The molecule has 1 aliphatic rings. The van der Waals surface area contributed by atoms with Crippen molar-refractivity contribution in [2.75, 3.05) is 4.90 Å². The number of hydrogen-bond donors (Lipinski definition) is 0. The summed E-state index contributed by atoms with van der Waals surface area (Å²) in [6, 6.07) is 13.2. The highest BCUT2D eigenvalue weighted by Crippen LogP contribution is 2.23. The summed E-state index contributed by atoms with van der Waals surface area (Å²) >= 11 is 0. The predicted molar refractivity (Wildman–Crippen MR) is 103 cm³/mol. The number of hydrogen-bond acceptors (Lipinski definition) is 5. The first-order chi connectivity index (χ1) is 13.4. The van der Waals surface area contributed by atoms with Crippen molar-refractivity contribution in [2.24, 2.45) is 0 Å². The molecule has 0 bridgehead atoms. The van der Waals surface area contributed by atoms with Crippen molar-refractivity contribution in [1.29, 1.82) is 0 Å². The molecule has 1 heterocycles. The Kier molecular flexibility index (Phi) is 5.68. The lowest BCUT2D eigenvalue weighted by atomic mass is 10.0. The molecule has 3 rings (SSSR count). The van der Waals surface area contributed by atoms with Gasteiger partial charge < -0.3 is 4.74 Å². The number of anilines is 1. The average molecular weight is 379 g/mol. The van der Waals surface area contributed by atoms with E-state index in [-0.39, 0.29) is 36.0 Å².